The van der Waals surface area contributed by atoms with Crippen molar-refractivity contribution in [2.45, 2.75) is 52.5 Å². The maximum absolute atomic E-state index is 13.1. The number of aromatic nitrogens is 2. The molecule has 4 rings (SSSR count). The van der Waals surface area contributed by atoms with Crippen molar-refractivity contribution < 1.29 is 14.3 Å². The zero-order chi connectivity index (χ0) is 21.3. The molecule has 1 aliphatic rings. The molecule has 0 radical (unpaired) electrons. The number of hydrogen-bond donors (Lipinski definition) is 1. The van der Waals surface area contributed by atoms with Crippen LogP contribution in [0.3, 0.4) is 0 Å². The zero-order valence-corrected chi connectivity index (χ0v) is 18.6. The summed E-state index contributed by atoms with van der Waals surface area (Å²) in [6.07, 6.45) is 6.74. The number of carbonyl (C=O) groups is 2. The Labute approximate surface area is 181 Å². The Balaban J connectivity index is 1.54. The van der Waals surface area contributed by atoms with E-state index in [-0.39, 0.29) is 18.0 Å². The Morgan fingerprint density at radius 1 is 1.23 bits per heavy atom. The van der Waals surface area contributed by atoms with Crippen LogP contribution in [-0.2, 0) is 28.9 Å². The molecule has 3 heterocycles. The molecular formula is C21H23N3O4S2. The van der Waals surface area contributed by atoms with Gasteiger partial charge in [0.05, 0.1) is 23.3 Å². The van der Waals surface area contributed by atoms with Crippen LogP contribution < -0.4 is 10.9 Å². The first-order chi connectivity index (χ1) is 14.5. The van der Waals surface area contributed by atoms with Gasteiger partial charge < -0.3 is 10.1 Å². The van der Waals surface area contributed by atoms with Gasteiger partial charge in [0, 0.05) is 4.88 Å². The molecule has 0 unspecified atom stereocenters. The van der Waals surface area contributed by atoms with Crippen LogP contribution in [0, 0.1) is 6.92 Å². The minimum absolute atomic E-state index is 0.127. The normalized spacial score (nSPS) is 13.7. The van der Waals surface area contributed by atoms with E-state index in [1.165, 1.54) is 33.5 Å². The van der Waals surface area contributed by atoms with Gasteiger partial charge in [-0.3, -0.25) is 14.2 Å². The third-order valence-electron chi connectivity index (χ3n) is 5.15. The number of rotatable bonds is 5. The van der Waals surface area contributed by atoms with Crippen molar-refractivity contribution in [3.05, 3.63) is 43.6 Å². The minimum atomic E-state index is -0.399. The second-order valence-electron chi connectivity index (χ2n) is 7.31. The van der Waals surface area contributed by atoms with E-state index < -0.39 is 5.97 Å². The molecule has 1 amide bonds. The summed E-state index contributed by atoms with van der Waals surface area (Å²) >= 11 is 2.77. The highest BCUT2D eigenvalue weighted by atomic mass is 32.1. The molecule has 0 saturated heterocycles. The number of fused-ring (bicyclic) bond motifs is 3. The van der Waals surface area contributed by atoms with E-state index in [4.69, 9.17) is 4.74 Å². The molecule has 158 valence electrons. The van der Waals surface area contributed by atoms with Gasteiger partial charge in [-0.05, 0) is 56.7 Å². The summed E-state index contributed by atoms with van der Waals surface area (Å²) in [5.41, 5.74) is 1.70. The molecular weight excluding hydrogens is 422 g/mol. The second-order valence-corrected chi connectivity index (χ2v) is 9.45. The SMILES string of the molecule is CCOC(=O)c1sc(NC(=O)Cn2cnc3sc4c(c3c2=O)CCCCC4)cc1C. The maximum atomic E-state index is 13.1. The number of hydrogen-bond acceptors (Lipinski definition) is 7. The van der Waals surface area contributed by atoms with E-state index in [9.17, 15) is 14.4 Å². The van der Waals surface area contributed by atoms with Gasteiger partial charge in [-0.2, -0.15) is 0 Å². The topological polar surface area (TPSA) is 90.3 Å². The highest BCUT2D eigenvalue weighted by Crippen LogP contribution is 2.32. The summed E-state index contributed by atoms with van der Waals surface area (Å²) < 4.78 is 6.40. The summed E-state index contributed by atoms with van der Waals surface area (Å²) in [5.74, 6) is -0.735. The van der Waals surface area contributed by atoms with Crippen LogP contribution in [0.1, 0.15) is 51.9 Å². The lowest BCUT2D eigenvalue weighted by Gasteiger charge is -2.06. The molecule has 9 heteroatoms. The minimum Gasteiger partial charge on any atom is -0.462 e. The van der Waals surface area contributed by atoms with E-state index in [1.54, 1.807) is 31.3 Å². The molecule has 0 fully saturated rings. The predicted octanol–water partition coefficient (Wildman–Crippen LogP) is 3.91. The Hall–Kier alpha value is -2.52. The fraction of sp³-hybridized carbons (Fsp3) is 0.429. The van der Waals surface area contributed by atoms with E-state index in [0.717, 1.165) is 41.6 Å². The number of carbonyl (C=O) groups excluding carboxylic acids is 2. The van der Waals surface area contributed by atoms with Gasteiger partial charge in [0.2, 0.25) is 5.91 Å². The molecule has 0 atom stereocenters. The maximum Gasteiger partial charge on any atom is 0.348 e. The first-order valence-electron chi connectivity index (χ1n) is 10.0. The fourth-order valence-corrected chi connectivity index (χ4v) is 5.95. The monoisotopic (exact) mass is 445 g/mol. The van der Waals surface area contributed by atoms with E-state index >= 15 is 0 Å². The van der Waals surface area contributed by atoms with Gasteiger partial charge in [0.15, 0.2) is 0 Å². The van der Waals surface area contributed by atoms with Gasteiger partial charge in [0.1, 0.15) is 16.3 Å². The highest BCUT2D eigenvalue weighted by Gasteiger charge is 2.20. The molecule has 0 aliphatic heterocycles. The van der Waals surface area contributed by atoms with E-state index in [2.05, 4.69) is 10.3 Å². The molecule has 0 aromatic carbocycles. The molecule has 1 aliphatic carbocycles. The van der Waals surface area contributed by atoms with Crippen LogP contribution in [0.5, 0.6) is 0 Å². The van der Waals surface area contributed by atoms with Crippen LogP contribution in [0.4, 0.5) is 5.00 Å². The Bertz CT molecular complexity index is 1180. The lowest BCUT2D eigenvalue weighted by molar-refractivity contribution is -0.116. The van der Waals surface area contributed by atoms with Crippen LogP contribution in [0.2, 0.25) is 0 Å². The first-order valence-corrected chi connectivity index (χ1v) is 11.7. The number of anilines is 1. The Kier molecular flexibility index (Phi) is 6.01. The van der Waals surface area contributed by atoms with Crippen molar-refractivity contribution >= 4 is 49.8 Å². The molecule has 7 nitrogen and oxygen atoms in total. The van der Waals surface area contributed by atoms with Crippen molar-refractivity contribution in [1.82, 2.24) is 9.55 Å². The largest absolute Gasteiger partial charge is 0.462 e. The van der Waals surface area contributed by atoms with Crippen molar-refractivity contribution in [3.63, 3.8) is 0 Å². The predicted molar refractivity (Wildman–Crippen MR) is 119 cm³/mol. The third kappa shape index (κ3) is 4.04. The molecule has 3 aromatic rings. The summed E-state index contributed by atoms with van der Waals surface area (Å²) in [4.78, 5) is 44.5. The number of nitrogens with zero attached hydrogens (tertiary/aromatic N) is 2. The number of amides is 1. The van der Waals surface area contributed by atoms with Gasteiger partial charge in [-0.1, -0.05) is 6.42 Å². The summed E-state index contributed by atoms with van der Waals surface area (Å²) in [5, 5.41) is 4.00. The molecule has 0 spiro atoms. The summed E-state index contributed by atoms with van der Waals surface area (Å²) in [7, 11) is 0. The summed E-state index contributed by atoms with van der Waals surface area (Å²) in [6, 6.07) is 1.73. The molecule has 0 saturated carbocycles. The third-order valence-corrected chi connectivity index (χ3v) is 7.48. The first kappa shape index (κ1) is 20.7. The molecule has 3 aromatic heterocycles. The zero-order valence-electron chi connectivity index (χ0n) is 16.9. The molecule has 1 N–H and O–H groups in total. The number of ether oxygens (including phenoxy) is 1. The highest BCUT2D eigenvalue weighted by molar-refractivity contribution is 7.19. The lowest BCUT2D eigenvalue weighted by atomic mass is 10.1. The number of nitrogens with one attached hydrogen (secondary N) is 1. The van der Waals surface area contributed by atoms with Crippen LogP contribution >= 0.6 is 22.7 Å². The Morgan fingerprint density at radius 3 is 2.83 bits per heavy atom. The lowest BCUT2D eigenvalue weighted by Crippen LogP contribution is -2.27. The Morgan fingerprint density at radius 2 is 2.03 bits per heavy atom. The van der Waals surface area contributed by atoms with E-state index in [0.29, 0.717) is 21.9 Å². The van der Waals surface area contributed by atoms with Crippen LogP contribution in [0.15, 0.2) is 17.2 Å². The number of esters is 1. The van der Waals surface area contributed by atoms with Crippen molar-refractivity contribution in [3.8, 4) is 0 Å². The molecule has 30 heavy (non-hydrogen) atoms. The second kappa shape index (κ2) is 8.69. The van der Waals surface area contributed by atoms with Gasteiger partial charge >= 0.3 is 5.97 Å². The van der Waals surface area contributed by atoms with Crippen LogP contribution in [0.25, 0.3) is 10.2 Å². The van der Waals surface area contributed by atoms with E-state index in [1.807, 2.05) is 0 Å². The quantitative estimate of drug-likeness (QED) is 0.475. The standard InChI is InChI=1S/C21H23N3O4S2/c1-3-28-21(27)18-12(2)9-16(30-18)23-15(25)10-24-11-22-19-17(20(24)26)13-7-5-4-6-8-14(13)29-19/h9,11H,3-8,10H2,1-2H3,(H,23,25). The van der Waals surface area contributed by atoms with Crippen molar-refractivity contribution in [2.24, 2.45) is 0 Å². The van der Waals surface area contributed by atoms with Crippen molar-refractivity contribution in [1.29, 1.82) is 0 Å². The summed E-state index contributed by atoms with van der Waals surface area (Å²) in [6.45, 7) is 3.71. The van der Waals surface area contributed by atoms with Crippen LogP contribution in [-0.4, -0.2) is 28.0 Å². The average Bonchev–Trinajstić information content (AvgIpc) is 3.16. The molecule has 0 bridgehead atoms. The fourth-order valence-electron chi connectivity index (χ4n) is 3.75. The smallest absolute Gasteiger partial charge is 0.348 e. The van der Waals surface area contributed by atoms with Gasteiger partial charge in [-0.25, -0.2) is 9.78 Å². The van der Waals surface area contributed by atoms with Gasteiger partial charge in [-0.15, -0.1) is 22.7 Å². The van der Waals surface area contributed by atoms with Crippen molar-refractivity contribution in [2.75, 3.05) is 11.9 Å². The number of thiophene rings is 2. The number of aryl methyl sites for hydroxylation is 3. The van der Waals surface area contributed by atoms with Gasteiger partial charge in [0.25, 0.3) is 5.56 Å². The average molecular weight is 446 g/mol.